The molecular weight excluding hydrogens is 234 g/mol. The normalized spacial score (nSPS) is 10.4. The molecule has 0 fully saturated rings. The van der Waals surface area contributed by atoms with Crippen molar-refractivity contribution >= 4 is 5.78 Å². The summed E-state index contributed by atoms with van der Waals surface area (Å²) in [5.41, 5.74) is 1.99. The summed E-state index contributed by atoms with van der Waals surface area (Å²) in [6, 6.07) is 10.3. The Bertz CT molecular complexity index is 553. The average molecular weight is 246 g/mol. The van der Waals surface area contributed by atoms with Gasteiger partial charge in [0.15, 0.2) is 5.78 Å². The van der Waals surface area contributed by atoms with Gasteiger partial charge in [-0.3, -0.25) is 4.79 Å². The van der Waals surface area contributed by atoms with Crippen molar-refractivity contribution in [3.8, 4) is 0 Å². The first-order valence-corrected chi connectivity index (χ1v) is 5.59. The lowest BCUT2D eigenvalue weighted by Crippen LogP contribution is -2.04. The summed E-state index contributed by atoms with van der Waals surface area (Å²) < 4.78 is 26.0. The van der Waals surface area contributed by atoms with E-state index in [2.05, 4.69) is 0 Å². The Morgan fingerprint density at radius 2 is 1.56 bits per heavy atom. The summed E-state index contributed by atoms with van der Waals surface area (Å²) in [6.45, 7) is 1.95. The zero-order valence-corrected chi connectivity index (χ0v) is 9.91. The first-order valence-electron chi connectivity index (χ1n) is 5.59. The van der Waals surface area contributed by atoms with Crippen LogP contribution in [0.4, 0.5) is 8.78 Å². The van der Waals surface area contributed by atoms with Gasteiger partial charge in [-0.15, -0.1) is 0 Å². The number of halogens is 2. The molecule has 0 aliphatic heterocycles. The smallest absolute Gasteiger partial charge is 0.167 e. The highest BCUT2D eigenvalue weighted by Crippen LogP contribution is 2.12. The second kappa shape index (κ2) is 5.08. The Balaban J connectivity index is 2.19. The van der Waals surface area contributed by atoms with Crippen LogP contribution in [0.25, 0.3) is 0 Å². The fraction of sp³-hybridized carbons (Fsp3) is 0.133. The molecule has 18 heavy (non-hydrogen) atoms. The van der Waals surface area contributed by atoms with E-state index in [9.17, 15) is 13.6 Å². The van der Waals surface area contributed by atoms with Gasteiger partial charge in [-0.1, -0.05) is 29.8 Å². The molecule has 3 heteroatoms. The van der Waals surface area contributed by atoms with Crippen LogP contribution in [-0.2, 0) is 6.42 Å². The Labute approximate surface area is 104 Å². The van der Waals surface area contributed by atoms with Crippen molar-refractivity contribution in [2.24, 2.45) is 0 Å². The first kappa shape index (κ1) is 12.4. The van der Waals surface area contributed by atoms with Crippen molar-refractivity contribution < 1.29 is 13.6 Å². The molecule has 2 aromatic carbocycles. The fourth-order valence-corrected chi connectivity index (χ4v) is 1.71. The third-order valence-corrected chi connectivity index (χ3v) is 2.67. The average Bonchev–Trinajstić information content (AvgIpc) is 2.31. The summed E-state index contributed by atoms with van der Waals surface area (Å²) in [5.74, 6) is -1.76. The summed E-state index contributed by atoms with van der Waals surface area (Å²) in [4.78, 5) is 11.9. The molecular formula is C15H12F2O. The van der Waals surface area contributed by atoms with Gasteiger partial charge in [0.2, 0.25) is 0 Å². The highest BCUT2D eigenvalue weighted by molar-refractivity contribution is 5.97. The maximum Gasteiger partial charge on any atom is 0.167 e. The van der Waals surface area contributed by atoms with E-state index in [1.807, 2.05) is 31.2 Å². The lowest BCUT2D eigenvalue weighted by Gasteiger charge is -2.03. The van der Waals surface area contributed by atoms with Gasteiger partial charge in [-0.05, 0) is 24.6 Å². The Hall–Kier alpha value is -2.03. The zero-order chi connectivity index (χ0) is 13.1. The molecule has 2 rings (SSSR count). The van der Waals surface area contributed by atoms with Crippen LogP contribution in [0, 0.1) is 18.6 Å². The molecule has 0 aliphatic rings. The summed E-state index contributed by atoms with van der Waals surface area (Å²) in [5, 5.41) is 0. The molecule has 0 aromatic heterocycles. The molecule has 92 valence electrons. The SMILES string of the molecule is Cc1ccc(CC(=O)c2cc(F)cc(F)c2)cc1. The molecule has 2 aromatic rings. The molecule has 0 spiro atoms. The highest BCUT2D eigenvalue weighted by atomic mass is 19.1. The van der Waals surface area contributed by atoms with Crippen molar-refractivity contribution in [1.82, 2.24) is 0 Å². The van der Waals surface area contributed by atoms with Crippen molar-refractivity contribution in [2.75, 3.05) is 0 Å². The number of ketones is 1. The fourth-order valence-electron chi connectivity index (χ4n) is 1.71. The molecule has 0 aliphatic carbocycles. The number of benzene rings is 2. The van der Waals surface area contributed by atoms with Crippen LogP contribution in [0.1, 0.15) is 21.5 Å². The maximum atomic E-state index is 13.0. The molecule has 1 nitrogen and oxygen atoms in total. The minimum absolute atomic E-state index is 0.0630. The lowest BCUT2D eigenvalue weighted by molar-refractivity contribution is 0.0992. The number of hydrogen-bond donors (Lipinski definition) is 0. The largest absolute Gasteiger partial charge is 0.294 e. The quantitative estimate of drug-likeness (QED) is 0.755. The van der Waals surface area contributed by atoms with E-state index in [4.69, 9.17) is 0 Å². The summed E-state index contributed by atoms with van der Waals surface area (Å²) >= 11 is 0. The molecule has 0 N–H and O–H groups in total. The van der Waals surface area contributed by atoms with Gasteiger partial charge in [-0.2, -0.15) is 0 Å². The van der Waals surface area contributed by atoms with Crippen LogP contribution >= 0.6 is 0 Å². The molecule has 0 saturated heterocycles. The maximum absolute atomic E-state index is 13.0. The monoisotopic (exact) mass is 246 g/mol. The number of rotatable bonds is 3. The second-order valence-corrected chi connectivity index (χ2v) is 4.24. The predicted molar refractivity (Wildman–Crippen MR) is 65.6 cm³/mol. The van der Waals surface area contributed by atoms with Gasteiger partial charge in [-0.25, -0.2) is 8.78 Å². The molecule has 0 unspecified atom stereocenters. The first-order chi connectivity index (χ1) is 8.54. The standard InChI is InChI=1S/C15H12F2O/c1-10-2-4-11(5-3-10)6-15(18)12-7-13(16)9-14(17)8-12/h2-5,7-9H,6H2,1H3. The molecule has 0 saturated carbocycles. The minimum Gasteiger partial charge on any atom is -0.294 e. The van der Waals surface area contributed by atoms with Gasteiger partial charge >= 0.3 is 0 Å². The van der Waals surface area contributed by atoms with E-state index in [-0.39, 0.29) is 17.8 Å². The van der Waals surface area contributed by atoms with Gasteiger partial charge in [0, 0.05) is 18.1 Å². The van der Waals surface area contributed by atoms with Gasteiger partial charge in [0.1, 0.15) is 11.6 Å². The van der Waals surface area contributed by atoms with E-state index in [1.54, 1.807) is 0 Å². The number of carbonyl (C=O) groups is 1. The molecule has 0 heterocycles. The third kappa shape index (κ3) is 3.00. The van der Waals surface area contributed by atoms with E-state index < -0.39 is 11.6 Å². The Kier molecular flexibility index (Phi) is 3.51. The van der Waals surface area contributed by atoms with Crippen LogP contribution in [0.2, 0.25) is 0 Å². The van der Waals surface area contributed by atoms with Gasteiger partial charge < -0.3 is 0 Å². The van der Waals surface area contributed by atoms with Gasteiger partial charge in [0.25, 0.3) is 0 Å². The molecule has 0 amide bonds. The summed E-state index contributed by atoms with van der Waals surface area (Å²) in [7, 11) is 0. The van der Waals surface area contributed by atoms with E-state index >= 15 is 0 Å². The molecule has 0 radical (unpaired) electrons. The van der Waals surface area contributed by atoms with Crippen molar-refractivity contribution in [3.63, 3.8) is 0 Å². The number of hydrogen-bond acceptors (Lipinski definition) is 1. The highest BCUT2D eigenvalue weighted by Gasteiger charge is 2.10. The second-order valence-electron chi connectivity index (χ2n) is 4.24. The van der Waals surface area contributed by atoms with E-state index in [1.165, 1.54) is 0 Å². The zero-order valence-electron chi connectivity index (χ0n) is 9.91. The lowest BCUT2D eigenvalue weighted by atomic mass is 10.0. The third-order valence-electron chi connectivity index (χ3n) is 2.67. The molecule has 0 atom stereocenters. The summed E-state index contributed by atoms with van der Waals surface area (Å²) in [6.07, 6.45) is 0.142. The Morgan fingerprint density at radius 3 is 2.11 bits per heavy atom. The Morgan fingerprint density at radius 1 is 1.00 bits per heavy atom. The van der Waals surface area contributed by atoms with Crippen LogP contribution < -0.4 is 0 Å². The van der Waals surface area contributed by atoms with Crippen molar-refractivity contribution in [3.05, 3.63) is 70.8 Å². The molecule has 0 bridgehead atoms. The number of aryl methyl sites for hydroxylation is 1. The number of Topliss-reactive ketones (excluding diaryl/α,β-unsaturated/α-hetero) is 1. The van der Waals surface area contributed by atoms with Crippen molar-refractivity contribution in [2.45, 2.75) is 13.3 Å². The van der Waals surface area contributed by atoms with Crippen LogP contribution in [0.5, 0.6) is 0 Å². The van der Waals surface area contributed by atoms with E-state index in [0.717, 1.165) is 29.3 Å². The van der Waals surface area contributed by atoms with Crippen LogP contribution in [0.15, 0.2) is 42.5 Å². The van der Waals surface area contributed by atoms with E-state index in [0.29, 0.717) is 0 Å². The van der Waals surface area contributed by atoms with Gasteiger partial charge in [0.05, 0.1) is 0 Å². The predicted octanol–water partition coefficient (Wildman–Crippen LogP) is 3.70. The topological polar surface area (TPSA) is 17.1 Å². The van der Waals surface area contributed by atoms with Crippen molar-refractivity contribution in [1.29, 1.82) is 0 Å². The minimum atomic E-state index is -0.734. The number of carbonyl (C=O) groups excluding carboxylic acids is 1. The van der Waals surface area contributed by atoms with Crippen LogP contribution in [0.3, 0.4) is 0 Å². The van der Waals surface area contributed by atoms with Crippen LogP contribution in [-0.4, -0.2) is 5.78 Å².